The molecule has 0 fully saturated rings. The number of hydrogen-bond acceptors (Lipinski definition) is 9. The first-order valence-electron chi connectivity index (χ1n) is 16.4. The molecule has 0 aliphatic rings. The SMILES string of the molecule is CC(O[Si](C)(C)C(C)(C)C)C(CO[Si](C)(C)C(C)(C)C)OC(C)n1c(-c2cccnc2)nc2c(OCc3ccccc3)nc(N)nc21. The van der Waals surface area contributed by atoms with Gasteiger partial charge >= 0.3 is 0 Å². The molecule has 3 aromatic heterocycles. The lowest BCUT2D eigenvalue weighted by molar-refractivity contribution is -0.104. The average Bonchev–Trinajstić information content (AvgIpc) is 3.37. The molecule has 12 heteroatoms. The van der Waals surface area contributed by atoms with Gasteiger partial charge in [0, 0.05) is 18.0 Å². The zero-order valence-electron chi connectivity index (χ0n) is 30.3. The molecule has 0 aliphatic carbocycles. The van der Waals surface area contributed by atoms with Crippen LogP contribution in [-0.4, -0.2) is 60.0 Å². The summed E-state index contributed by atoms with van der Waals surface area (Å²) in [6.07, 6.45) is 2.36. The first-order valence-corrected chi connectivity index (χ1v) is 22.2. The molecule has 10 nitrogen and oxygen atoms in total. The second kappa shape index (κ2) is 14.1. The minimum atomic E-state index is -2.12. The smallest absolute Gasteiger partial charge is 0.247 e. The summed E-state index contributed by atoms with van der Waals surface area (Å²) in [6.45, 7) is 27.3. The number of nitrogens with two attached hydrogens (primary N) is 1. The van der Waals surface area contributed by atoms with Crippen LogP contribution in [0.15, 0.2) is 54.9 Å². The number of aromatic nitrogens is 5. The lowest BCUT2D eigenvalue weighted by atomic mass is 10.2. The first-order chi connectivity index (χ1) is 21.8. The standard InChI is InChI=1S/C35H54N6O4Si2/c1-24(45-47(11,12)35(6,7)8)28(23-43-46(9,10)34(3,4)5)44-25(2)41-30(27-19-16-20-37-21-27)38-29-31(41)39-33(36)40-32(29)42-22-26-17-14-13-15-18-26/h13-21,24-25,28H,22-23H2,1-12H3,(H2,36,39,40). The molecule has 4 rings (SSSR count). The zero-order valence-corrected chi connectivity index (χ0v) is 32.3. The number of nitrogens with zero attached hydrogens (tertiary/aromatic N) is 5. The van der Waals surface area contributed by atoms with Gasteiger partial charge in [0.15, 0.2) is 27.8 Å². The van der Waals surface area contributed by atoms with E-state index < -0.39 is 22.9 Å². The molecular weight excluding hydrogens is 625 g/mol. The molecule has 0 spiro atoms. The highest BCUT2D eigenvalue weighted by Gasteiger charge is 2.42. The highest BCUT2D eigenvalue weighted by Crippen LogP contribution is 2.40. The van der Waals surface area contributed by atoms with Gasteiger partial charge in [-0.3, -0.25) is 9.55 Å². The number of nitrogen functional groups attached to an aromatic ring is 1. The molecule has 256 valence electrons. The summed E-state index contributed by atoms with van der Waals surface area (Å²) in [5.41, 5.74) is 9.08. The molecule has 0 amide bonds. The van der Waals surface area contributed by atoms with E-state index in [-0.39, 0.29) is 28.2 Å². The Labute approximate surface area is 282 Å². The minimum absolute atomic E-state index is 0.0380. The van der Waals surface area contributed by atoms with Crippen LogP contribution in [0, 0.1) is 0 Å². The molecule has 0 saturated carbocycles. The van der Waals surface area contributed by atoms with Gasteiger partial charge in [0.05, 0.1) is 12.7 Å². The summed E-state index contributed by atoms with van der Waals surface area (Å²) in [4.78, 5) is 18.5. The molecule has 3 unspecified atom stereocenters. The Morgan fingerprint density at radius 2 is 1.51 bits per heavy atom. The molecule has 0 radical (unpaired) electrons. The third kappa shape index (κ3) is 8.66. The van der Waals surface area contributed by atoms with Gasteiger partial charge in [-0.25, -0.2) is 4.98 Å². The van der Waals surface area contributed by atoms with Crippen molar-refractivity contribution in [1.29, 1.82) is 0 Å². The van der Waals surface area contributed by atoms with Gasteiger partial charge < -0.3 is 24.1 Å². The van der Waals surface area contributed by atoms with Gasteiger partial charge in [0.1, 0.15) is 24.8 Å². The van der Waals surface area contributed by atoms with Crippen molar-refractivity contribution in [3.8, 4) is 17.3 Å². The number of benzene rings is 1. The van der Waals surface area contributed by atoms with Crippen molar-refractivity contribution in [2.45, 2.75) is 117 Å². The van der Waals surface area contributed by atoms with Crippen LogP contribution in [-0.2, 0) is 20.2 Å². The number of pyridine rings is 1. The molecule has 1 aromatic carbocycles. The summed E-state index contributed by atoms with van der Waals surface area (Å²) >= 11 is 0. The summed E-state index contributed by atoms with van der Waals surface area (Å²) in [7, 11) is -4.22. The topological polar surface area (TPSA) is 119 Å². The fourth-order valence-electron chi connectivity index (χ4n) is 4.66. The molecular formula is C35H54N6O4Si2. The van der Waals surface area contributed by atoms with E-state index in [2.05, 4.69) is 89.6 Å². The van der Waals surface area contributed by atoms with Gasteiger partial charge in [-0.1, -0.05) is 71.9 Å². The van der Waals surface area contributed by atoms with E-state index in [4.69, 9.17) is 29.0 Å². The predicted molar refractivity (Wildman–Crippen MR) is 194 cm³/mol. The Hall–Kier alpha value is -3.17. The van der Waals surface area contributed by atoms with Crippen LogP contribution in [0.25, 0.3) is 22.6 Å². The molecule has 0 bridgehead atoms. The van der Waals surface area contributed by atoms with E-state index in [1.165, 1.54) is 0 Å². The van der Waals surface area contributed by atoms with Crippen LogP contribution in [0.5, 0.6) is 5.88 Å². The fourth-order valence-corrected chi connectivity index (χ4v) is 7.11. The Balaban J connectivity index is 1.76. The number of rotatable bonds is 13. The van der Waals surface area contributed by atoms with E-state index in [0.29, 0.717) is 36.1 Å². The molecule has 0 saturated heterocycles. The lowest BCUT2D eigenvalue weighted by Crippen LogP contribution is -2.50. The summed E-state index contributed by atoms with van der Waals surface area (Å²) in [5.74, 6) is 1.01. The summed E-state index contributed by atoms with van der Waals surface area (Å²) < 4.78 is 28.7. The Morgan fingerprint density at radius 3 is 2.11 bits per heavy atom. The predicted octanol–water partition coefficient (Wildman–Crippen LogP) is 8.39. The van der Waals surface area contributed by atoms with Gasteiger partial charge in [-0.05, 0) is 67.8 Å². The monoisotopic (exact) mass is 678 g/mol. The number of anilines is 1. The van der Waals surface area contributed by atoms with Crippen LogP contribution in [0.1, 0.15) is 67.2 Å². The second-order valence-corrected chi connectivity index (χ2v) is 24.9. The molecule has 3 atom stereocenters. The second-order valence-electron chi connectivity index (χ2n) is 15.3. The van der Waals surface area contributed by atoms with Gasteiger partial charge in [-0.2, -0.15) is 9.97 Å². The van der Waals surface area contributed by atoms with E-state index >= 15 is 0 Å². The van der Waals surface area contributed by atoms with E-state index in [1.807, 2.05) is 54.0 Å². The number of ether oxygens (including phenoxy) is 2. The van der Waals surface area contributed by atoms with Crippen molar-refractivity contribution in [2.24, 2.45) is 0 Å². The summed E-state index contributed by atoms with van der Waals surface area (Å²) in [6, 6.07) is 13.7. The van der Waals surface area contributed by atoms with Crippen molar-refractivity contribution in [3.05, 3.63) is 60.4 Å². The number of hydrogen-bond donors (Lipinski definition) is 1. The number of fused-ring (bicyclic) bond motifs is 1. The lowest BCUT2D eigenvalue weighted by Gasteiger charge is -2.42. The fraction of sp³-hybridized carbons (Fsp3) is 0.543. The third-order valence-corrected chi connectivity index (χ3v) is 18.7. The molecule has 4 aromatic rings. The first kappa shape index (κ1) is 36.7. The van der Waals surface area contributed by atoms with Crippen molar-refractivity contribution < 1.29 is 18.3 Å². The zero-order chi connectivity index (χ0) is 34.8. The Morgan fingerprint density at radius 1 is 0.851 bits per heavy atom. The van der Waals surface area contributed by atoms with Crippen LogP contribution >= 0.6 is 0 Å². The van der Waals surface area contributed by atoms with Crippen LogP contribution in [0.2, 0.25) is 36.3 Å². The maximum atomic E-state index is 6.96. The molecule has 2 N–H and O–H groups in total. The highest BCUT2D eigenvalue weighted by atomic mass is 28.4. The minimum Gasteiger partial charge on any atom is -0.471 e. The van der Waals surface area contributed by atoms with E-state index in [1.54, 1.807) is 12.4 Å². The Kier molecular flexibility index (Phi) is 11.0. The van der Waals surface area contributed by atoms with Crippen LogP contribution in [0.4, 0.5) is 5.95 Å². The third-order valence-electron chi connectivity index (χ3n) is 9.62. The van der Waals surface area contributed by atoms with E-state index in [9.17, 15) is 0 Å². The van der Waals surface area contributed by atoms with Gasteiger partial charge in [0.2, 0.25) is 11.8 Å². The Bertz CT molecular complexity index is 1620. The maximum absolute atomic E-state index is 6.96. The quantitative estimate of drug-likeness (QED) is 0.139. The highest BCUT2D eigenvalue weighted by molar-refractivity contribution is 6.74. The van der Waals surface area contributed by atoms with Crippen LogP contribution < -0.4 is 10.5 Å². The van der Waals surface area contributed by atoms with Crippen molar-refractivity contribution in [1.82, 2.24) is 24.5 Å². The molecule has 3 heterocycles. The normalized spacial score (nSPS) is 15.1. The maximum Gasteiger partial charge on any atom is 0.247 e. The average molecular weight is 679 g/mol. The van der Waals surface area contributed by atoms with Gasteiger partial charge in [0.25, 0.3) is 0 Å². The van der Waals surface area contributed by atoms with E-state index in [0.717, 1.165) is 11.1 Å². The van der Waals surface area contributed by atoms with Crippen molar-refractivity contribution in [2.75, 3.05) is 12.3 Å². The van der Waals surface area contributed by atoms with Gasteiger partial charge in [-0.15, -0.1) is 0 Å². The molecule has 0 aliphatic heterocycles. The molecule has 47 heavy (non-hydrogen) atoms. The summed E-state index contributed by atoms with van der Waals surface area (Å²) in [5, 5.41) is 0.0850. The van der Waals surface area contributed by atoms with Crippen molar-refractivity contribution in [3.63, 3.8) is 0 Å². The largest absolute Gasteiger partial charge is 0.471 e. The number of imidazole rings is 1. The van der Waals surface area contributed by atoms with Crippen molar-refractivity contribution >= 4 is 33.7 Å². The van der Waals surface area contributed by atoms with Crippen LogP contribution in [0.3, 0.4) is 0 Å².